The molecule has 0 aliphatic carbocycles. The summed E-state index contributed by atoms with van der Waals surface area (Å²) in [5.74, 6) is 0.628. The molecule has 0 aromatic carbocycles. The van der Waals surface area contributed by atoms with E-state index in [-0.39, 0.29) is 0 Å². The third-order valence-electron chi connectivity index (χ3n) is 4.31. The van der Waals surface area contributed by atoms with Crippen molar-refractivity contribution in [3.05, 3.63) is 18.0 Å². The maximum Gasteiger partial charge on any atom is 0.0640 e. The maximum absolute atomic E-state index is 5.49. The van der Waals surface area contributed by atoms with Crippen molar-refractivity contribution in [1.82, 2.24) is 15.1 Å². The van der Waals surface area contributed by atoms with Gasteiger partial charge in [0.2, 0.25) is 0 Å². The summed E-state index contributed by atoms with van der Waals surface area (Å²) in [7, 11) is 2.04. The molecule has 1 aromatic rings. The molecule has 0 radical (unpaired) electrons. The molecule has 108 valence electrons. The molecule has 2 heterocycles. The Morgan fingerprint density at radius 2 is 2.26 bits per heavy atom. The Morgan fingerprint density at radius 3 is 2.84 bits per heavy atom. The van der Waals surface area contributed by atoms with Crippen LogP contribution in [0.3, 0.4) is 0 Å². The number of likely N-dealkylation sites (N-methyl/N-ethyl adjacent to an activating group) is 1. The fourth-order valence-corrected chi connectivity index (χ4v) is 2.95. The Kier molecular flexibility index (Phi) is 5.40. The molecule has 1 aliphatic heterocycles. The van der Waals surface area contributed by atoms with Crippen LogP contribution in [0.4, 0.5) is 0 Å². The molecule has 0 amide bonds. The Bertz CT molecular complexity index is 367. The number of nitrogens with zero attached hydrogens (tertiary/aromatic N) is 2. The quantitative estimate of drug-likeness (QED) is 0.823. The molecular formula is C15H27N3O. The third kappa shape index (κ3) is 3.57. The summed E-state index contributed by atoms with van der Waals surface area (Å²) >= 11 is 0. The Morgan fingerprint density at radius 1 is 1.47 bits per heavy atom. The van der Waals surface area contributed by atoms with E-state index in [1.165, 1.54) is 12.1 Å². The number of nitrogens with one attached hydrogen (secondary N) is 1. The Balaban J connectivity index is 1.97. The first kappa shape index (κ1) is 14.5. The summed E-state index contributed by atoms with van der Waals surface area (Å²) < 4.78 is 7.62. The van der Waals surface area contributed by atoms with Crippen molar-refractivity contribution in [1.29, 1.82) is 0 Å². The van der Waals surface area contributed by atoms with Crippen molar-refractivity contribution in [3.8, 4) is 0 Å². The van der Waals surface area contributed by atoms with Crippen LogP contribution in [-0.4, -0.2) is 36.1 Å². The minimum absolute atomic E-state index is 0.479. The van der Waals surface area contributed by atoms with Gasteiger partial charge in [-0.15, -0.1) is 0 Å². The Hall–Kier alpha value is -0.870. The summed E-state index contributed by atoms with van der Waals surface area (Å²) in [6.45, 7) is 6.24. The van der Waals surface area contributed by atoms with Gasteiger partial charge in [-0.05, 0) is 32.4 Å². The molecule has 2 rings (SSSR count). The monoisotopic (exact) mass is 265 g/mol. The first-order valence-corrected chi connectivity index (χ1v) is 7.57. The van der Waals surface area contributed by atoms with E-state index in [9.17, 15) is 0 Å². The molecule has 4 heteroatoms. The minimum Gasteiger partial charge on any atom is -0.381 e. The van der Waals surface area contributed by atoms with E-state index in [2.05, 4.69) is 36.1 Å². The number of ether oxygens (including phenoxy) is 1. The smallest absolute Gasteiger partial charge is 0.0640 e. The van der Waals surface area contributed by atoms with E-state index in [1.54, 1.807) is 0 Å². The van der Waals surface area contributed by atoms with Gasteiger partial charge in [-0.25, -0.2) is 0 Å². The van der Waals surface area contributed by atoms with E-state index >= 15 is 0 Å². The van der Waals surface area contributed by atoms with Crippen molar-refractivity contribution in [2.45, 2.75) is 51.6 Å². The molecule has 0 spiro atoms. The number of hydrogen-bond acceptors (Lipinski definition) is 3. The number of hydrogen-bond donors (Lipinski definition) is 1. The SMILES string of the molecule is CCC(CC)n1ccc(CC(NC)C2CCOC2)n1. The van der Waals surface area contributed by atoms with Gasteiger partial charge < -0.3 is 10.1 Å². The van der Waals surface area contributed by atoms with Gasteiger partial charge in [-0.1, -0.05) is 13.8 Å². The van der Waals surface area contributed by atoms with Gasteiger partial charge in [0, 0.05) is 31.2 Å². The number of aromatic nitrogens is 2. The molecule has 4 nitrogen and oxygen atoms in total. The van der Waals surface area contributed by atoms with Gasteiger partial charge in [0.05, 0.1) is 18.3 Å². The van der Waals surface area contributed by atoms with Crippen LogP contribution < -0.4 is 5.32 Å². The lowest BCUT2D eigenvalue weighted by molar-refractivity contribution is 0.177. The normalized spacial score (nSPS) is 21.2. The van der Waals surface area contributed by atoms with Crippen LogP contribution >= 0.6 is 0 Å². The highest BCUT2D eigenvalue weighted by molar-refractivity contribution is 5.03. The first-order valence-electron chi connectivity index (χ1n) is 7.57. The molecular weight excluding hydrogens is 238 g/mol. The zero-order valence-electron chi connectivity index (χ0n) is 12.4. The van der Waals surface area contributed by atoms with Crippen molar-refractivity contribution in [3.63, 3.8) is 0 Å². The molecule has 1 aromatic heterocycles. The second-order valence-corrected chi connectivity index (χ2v) is 5.48. The second-order valence-electron chi connectivity index (χ2n) is 5.48. The topological polar surface area (TPSA) is 39.1 Å². The lowest BCUT2D eigenvalue weighted by Crippen LogP contribution is -2.36. The third-order valence-corrected chi connectivity index (χ3v) is 4.31. The van der Waals surface area contributed by atoms with Crippen LogP contribution in [0.5, 0.6) is 0 Å². The summed E-state index contributed by atoms with van der Waals surface area (Å²) in [5.41, 5.74) is 1.19. The van der Waals surface area contributed by atoms with Crippen LogP contribution in [-0.2, 0) is 11.2 Å². The van der Waals surface area contributed by atoms with Crippen LogP contribution in [0.2, 0.25) is 0 Å². The lowest BCUT2D eigenvalue weighted by Gasteiger charge is -2.20. The zero-order chi connectivity index (χ0) is 13.7. The van der Waals surface area contributed by atoms with Crippen LogP contribution in [0.15, 0.2) is 12.3 Å². The van der Waals surface area contributed by atoms with Gasteiger partial charge in [0.25, 0.3) is 0 Å². The molecule has 1 aliphatic rings. The standard InChI is InChI=1S/C15H27N3O/c1-4-14(5-2)18-8-6-13(17-18)10-15(16-3)12-7-9-19-11-12/h6,8,12,14-16H,4-5,7,9-11H2,1-3H3. The summed E-state index contributed by atoms with van der Waals surface area (Å²) in [5, 5.41) is 8.18. The predicted molar refractivity (Wildman–Crippen MR) is 77.3 cm³/mol. The average Bonchev–Trinajstić information content (AvgIpc) is 3.09. The van der Waals surface area contributed by atoms with Gasteiger partial charge >= 0.3 is 0 Å². The van der Waals surface area contributed by atoms with E-state index in [4.69, 9.17) is 9.84 Å². The molecule has 0 saturated carbocycles. The van der Waals surface area contributed by atoms with Crippen LogP contribution in [0, 0.1) is 5.92 Å². The van der Waals surface area contributed by atoms with Gasteiger partial charge in [0.1, 0.15) is 0 Å². The van der Waals surface area contributed by atoms with Crippen molar-refractivity contribution in [2.75, 3.05) is 20.3 Å². The maximum atomic E-state index is 5.49. The summed E-state index contributed by atoms with van der Waals surface area (Å²) in [6, 6.07) is 3.18. The molecule has 2 atom stereocenters. The van der Waals surface area contributed by atoms with Crippen molar-refractivity contribution in [2.24, 2.45) is 5.92 Å². The molecule has 1 fully saturated rings. The summed E-state index contributed by atoms with van der Waals surface area (Å²) in [6.07, 6.45) is 6.58. The minimum atomic E-state index is 0.479. The zero-order valence-corrected chi connectivity index (χ0v) is 12.4. The van der Waals surface area contributed by atoms with Gasteiger partial charge in [-0.2, -0.15) is 5.10 Å². The molecule has 1 saturated heterocycles. The molecule has 1 N–H and O–H groups in total. The average molecular weight is 265 g/mol. The second kappa shape index (κ2) is 7.06. The van der Waals surface area contributed by atoms with Gasteiger partial charge in [-0.3, -0.25) is 4.68 Å². The van der Waals surface area contributed by atoms with E-state index in [0.29, 0.717) is 18.0 Å². The fraction of sp³-hybridized carbons (Fsp3) is 0.800. The summed E-state index contributed by atoms with van der Waals surface area (Å²) in [4.78, 5) is 0. The highest BCUT2D eigenvalue weighted by atomic mass is 16.5. The van der Waals surface area contributed by atoms with E-state index in [1.807, 2.05) is 7.05 Å². The fourth-order valence-electron chi connectivity index (χ4n) is 2.95. The van der Waals surface area contributed by atoms with Crippen molar-refractivity contribution < 1.29 is 4.74 Å². The first-order chi connectivity index (χ1) is 9.28. The molecule has 0 bridgehead atoms. The highest BCUT2D eigenvalue weighted by Gasteiger charge is 2.25. The van der Waals surface area contributed by atoms with Crippen LogP contribution in [0.25, 0.3) is 0 Å². The lowest BCUT2D eigenvalue weighted by atomic mass is 9.95. The van der Waals surface area contributed by atoms with E-state index < -0.39 is 0 Å². The molecule has 19 heavy (non-hydrogen) atoms. The van der Waals surface area contributed by atoms with Crippen molar-refractivity contribution >= 4 is 0 Å². The number of rotatable bonds is 7. The van der Waals surface area contributed by atoms with Gasteiger partial charge in [0.15, 0.2) is 0 Å². The Labute approximate surface area is 116 Å². The largest absolute Gasteiger partial charge is 0.381 e. The van der Waals surface area contributed by atoms with Crippen LogP contribution in [0.1, 0.15) is 44.8 Å². The predicted octanol–water partition coefficient (Wildman–Crippen LogP) is 2.41. The van der Waals surface area contributed by atoms with E-state index in [0.717, 1.165) is 32.5 Å². The highest BCUT2D eigenvalue weighted by Crippen LogP contribution is 2.20. The molecule has 2 unspecified atom stereocenters.